The van der Waals surface area contributed by atoms with Crippen LogP contribution >= 0.6 is 11.6 Å². The fraction of sp³-hybridized carbons (Fsp3) is 0.214. The predicted molar refractivity (Wildman–Crippen MR) is 142 cm³/mol. The number of benzene rings is 2. The van der Waals surface area contributed by atoms with E-state index in [0.29, 0.717) is 29.3 Å². The lowest BCUT2D eigenvalue weighted by molar-refractivity contribution is 0.0787. The van der Waals surface area contributed by atoms with Crippen LogP contribution in [0.1, 0.15) is 32.9 Å². The van der Waals surface area contributed by atoms with Gasteiger partial charge in [0.1, 0.15) is 0 Å². The first-order valence-electron chi connectivity index (χ1n) is 11.7. The molecule has 0 bridgehead atoms. The summed E-state index contributed by atoms with van der Waals surface area (Å²) < 4.78 is 3.61. The van der Waals surface area contributed by atoms with Crippen molar-refractivity contribution in [3.05, 3.63) is 100.0 Å². The van der Waals surface area contributed by atoms with E-state index in [-0.39, 0.29) is 5.91 Å². The van der Waals surface area contributed by atoms with Crippen molar-refractivity contribution in [3.63, 3.8) is 0 Å². The molecule has 5 rings (SSSR count). The van der Waals surface area contributed by atoms with Gasteiger partial charge in [-0.2, -0.15) is 10.2 Å². The van der Waals surface area contributed by atoms with Gasteiger partial charge in [0.05, 0.1) is 28.9 Å². The van der Waals surface area contributed by atoms with E-state index >= 15 is 0 Å². The lowest BCUT2D eigenvalue weighted by atomic mass is 10.1. The number of hydrogen-bond acceptors (Lipinski definition) is 4. The number of nitrogens with zero attached hydrogens (tertiary/aromatic N) is 6. The Labute approximate surface area is 214 Å². The van der Waals surface area contributed by atoms with Gasteiger partial charge in [-0.15, -0.1) is 0 Å². The Hall–Kier alpha value is -3.97. The minimum absolute atomic E-state index is 0.0838. The fourth-order valence-corrected chi connectivity index (χ4v) is 4.77. The summed E-state index contributed by atoms with van der Waals surface area (Å²) in [5, 5.41) is 10.9. The summed E-state index contributed by atoms with van der Waals surface area (Å²) in [4.78, 5) is 20.0. The number of hydrogen-bond donors (Lipinski definition) is 0. The number of pyridine rings is 1. The number of aryl methyl sites for hydroxylation is 3. The second-order valence-corrected chi connectivity index (χ2v) is 9.45. The molecule has 2 aromatic carbocycles. The summed E-state index contributed by atoms with van der Waals surface area (Å²) in [6.45, 7) is 4.73. The average Bonchev–Trinajstić information content (AvgIpc) is 3.39. The summed E-state index contributed by atoms with van der Waals surface area (Å²) in [5.41, 5.74) is 6.66. The largest absolute Gasteiger partial charge is 0.337 e. The number of amides is 1. The highest BCUT2D eigenvalue weighted by atomic mass is 35.5. The normalized spacial score (nSPS) is 11.2. The lowest BCUT2D eigenvalue weighted by Crippen LogP contribution is -2.26. The Kier molecular flexibility index (Phi) is 6.33. The van der Waals surface area contributed by atoms with Gasteiger partial charge in [0, 0.05) is 48.7 Å². The SMILES string of the molecule is Cc1cc(C(=O)N(C)Cc2cn(Cc3ccccc3Cl)nc2-c2ccccc2)c2c(C)nn(C)c2n1. The van der Waals surface area contributed by atoms with E-state index in [9.17, 15) is 4.79 Å². The van der Waals surface area contributed by atoms with Gasteiger partial charge in [-0.3, -0.25) is 14.2 Å². The van der Waals surface area contributed by atoms with Crippen LogP contribution in [0, 0.1) is 13.8 Å². The highest BCUT2D eigenvalue weighted by Gasteiger charge is 2.22. The van der Waals surface area contributed by atoms with E-state index in [1.54, 1.807) is 9.58 Å². The van der Waals surface area contributed by atoms with Crippen LogP contribution in [0.4, 0.5) is 0 Å². The Bertz CT molecular complexity index is 1570. The molecule has 0 aliphatic rings. The Balaban J connectivity index is 1.50. The summed E-state index contributed by atoms with van der Waals surface area (Å²) >= 11 is 6.40. The van der Waals surface area contributed by atoms with Crippen molar-refractivity contribution < 1.29 is 4.79 Å². The van der Waals surface area contributed by atoms with Crippen LogP contribution in [0.3, 0.4) is 0 Å². The maximum absolute atomic E-state index is 13.7. The Morgan fingerprint density at radius 1 is 1.00 bits per heavy atom. The van der Waals surface area contributed by atoms with Crippen LogP contribution in [-0.2, 0) is 20.1 Å². The monoisotopic (exact) mass is 498 g/mol. The number of rotatable bonds is 6. The van der Waals surface area contributed by atoms with Gasteiger partial charge in [-0.05, 0) is 31.5 Å². The van der Waals surface area contributed by atoms with Crippen molar-refractivity contribution in [1.29, 1.82) is 0 Å². The molecule has 0 unspecified atom stereocenters. The van der Waals surface area contributed by atoms with Crippen LogP contribution in [-0.4, -0.2) is 42.4 Å². The van der Waals surface area contributed by atoms with E-state index in [0.717, 1.165) is 39.2 Å². The van der Waals surface area contributed by atoms with E-state index in [2.05, 4.69) is 10.1 Å². The van der Waals surface area contributed by atoms with Crippen LogP contribution in [0.5, 0.6) is 0 Å². The molecule has 36 heavy (non-hydrogen) atoms. The Morgan fingerprint density at radius 2 is 1.72 bits per heavy atom. The third-order valence-electron chi connectivity index (χ3n) is 6.26. The van der Waals surface area contributed by atoms with Gasteiger partial charge in [0.15, 0.2) is 5.65 Å². The van der Waals surface area contributed by atoms with Gasteiger partial charge in [0.2, 0.25) is 0 Å². The first kappa shape index (κ1) is 23.8. The molecule has 0 fully saturated rings. The van der Waals surface area contributed by atoms with Crippen LogP contribution in [0.25, 0.3) is 22.3 Å². The quantitative estimate of drug-likeness (QED) is 0.313. The van der Waals surface area contributed by atoms with Crippen molar-refractivity contribution in [3.8, 4) is 11.3 Å². The molecule has 0 spiro atoms. The molecule has 0 saturated carbocycles. The smallest absolute Gasteiger partial charge is 0.254 e. The third kappa shape index (κ3) is 4.50. The fourth-order valence-electron chi connectivity index (χ4n) is 4.57. The highest BCUT2D eigenvalue weighted by Crippen LogP contribution is 2.27. The molecule has 5 aromatic rings. The van der Waals surface area contributed by atoms with Crippen molar-refractivity contribution in [2.24, 2.45) is 7.05 Å². The van der Waals surface area contributed by atoms with E-state index in [1.807, 2.05) is 99.5 Å². The van der Waals surface area contributed by atoms with E-state index < -0.39 is 0 Å². The molecule has 0 saturated heterocycles. The Morgan fingerprint density at radius 3 is 2.47 bits per heavy atom. The first-order chi connectivity index (χ1) is 17.3. The number of fused-ring (bicyclic) bond motifs is 1. The average molecular weight is 499 g/mol. The van der Waals surface area contributed by atoms with E-state index in [4.69, 9.17) is 16.7 Å². The van der Waals surface area contributed by atoms with Crippen molar-refractivity contribution >= 4 is 28.5 Å². The summed E-state index contributed by atoms with van der Waals surface area (Å²) in [7, 11) is 3.66. The van der Waals surface area contributed by atoms with Gasteiger partial charge in [-0.25, -0.2) is 4.98 Å². The number of carbonyl (C=O) groups excluding carboxylic acids is 1. The predicted octanol–water partition coefficient (Wildman–Crippen LogP) is 5.42. The topological polar surface area (TPSA) is 68.8 Å². The zero-order valence-electron chi connectivity index (χ0n) is 20.7. The van der Waals surface area contributed by atoms with E-state index in [1.165, 1.54) is 0 Å². The van der Waals surface area contributed by atoms with Crippen LogP contribution in [0.2, 0.25) is 5.02 Å². The second kappa shape index (κ2) is 9.59. The maximum atomic E-state index is 13.7. The number of aromatic nitrogens is 5. The van der Waals surface area contributed by atoms with Gasteiger partial charge in [-0.1, -0.05) is 60.1 Å². The highest BCUT2D eigenvalue weighted by molar-refractivity contribution is 6.31. The number of halogens is 1. The summed E-state index contributed by atoms with van der Waals surface area (Å²) in [6, 6.07) is 19.6. The molecule has 0 N–H and O–H groups in total. The zero-order chi connectivity index (χ0) is 25.4. The van der Waals surface area contributed by atoms with Crippen molar-refractivity contribution in [2.75, 3.05) is 7.05 Å². The van der Waals surface area contributed by atoms with Crippen molar-refractivity contribution in [1.82, 2.24) is 29.4 Å². The molecule has 182 valence electrons. The molecule has 0 aliphatic carbocycles. The maximum Gasteiger partial charge on any atom is 0.254 e. The second-order valence-electron chi connectivity index (χ2n) is 9.04. The molecular formula is C28H27ClN6O. The molecule has 8 heteroatoms. The number of carbonyl (C=O) groups is 1. The van der Waals surface area contributed by atoms with Crippen LogP contribution < -0.4 is 0 Å². The lowest BCUT2D eigenvalue weighted by Gasteiger charge is -2.18. The first-order valence-corrected chi connectivity index (χ1v) is 12.1. The summed E-state index contributed by atoms with van der Waals surface area (Å²) in [5.74, 6) is -0.0838. The molecular weight excluding hydrogens is 472 g/mol. The van der Waals surface area contributed by atoms with Crippen LogP contribution in [0.15, 0.2) is 66.9 Å². The molecule has 0 radical (unpaired) electrons. The standard InChI is InChI=1S/C28H27ClN6O/c1-18-14-23(25-19(2)31-34(4)27(25)30-18)28(36)33(3)15-22-17-35(16-21-12-8-9-13-24(21)29)32-26(22)20-10-6-5-7-11-20/h5-14,17H,15-16H2,1-4H3. The third-order valence-corrected chi connectivity index (χ3v) is 6.62. The molecule has 3 heterocycles. The van der Waals surface area contributed by atoms with Gasteiger partial charge >= 0.3 is 0 Å². The molecule has 0 aliphatic heterocycles. The molecule has 1 amide bonds. The zero-order valence-corrected chi connectivity index (χ0v) is 21.5. The van der Waals surface area contributed by atoms with Crippen molar-refractivity contribution in [2.45, 2.75) is 26.9 Å². The molecule has 3 aromatic heterocycles. The molecule has 7 nitrogen and oxygen atoms in total. The molecule has 0 atom stereocenters. The minimum Gasteiger partial charge on any atom is -0.337 e. The summed E-state index contributed by atoms with van der Waals surface area (Å²) in [6.07, 6.45) is 2.00. The van der Waals surface area contributed by atoms with Gasteiger partial charge in [0.25, 0.3) is 5.91 Å². The minimum atomic E-state index is -0.0838. The van der Waals surface area contributed by atoms with Gasteiger partial charge < -0.3 is 4.90 Å².